The zero-order valence-electron chi connectivity index (χ0n) is 10.7. The topological polar surface area (TPSA) is 118 Å². The summed E-state index contributed by atoms with van der Waals surface area (Å²) < 4.78 is 0. The fourth-order valence-electron chi connectivity index (χ4n) is 1.56. The predicted octanol–water partition coefficient (Wildman–Crippen LogP) is -1.09. The van der Waals surface area contributed by atoms with E-state index in [4.69, 9.17) is 11.5 Å². The lowest BCUT2D eigenvalue weighted by Gasteiger charge is -2.20. The van der Waals surface area contributed by atoms with Gasteiger partial charge in [0.25, 0.3) is 0 Å². The van der Waals surface area contributed by atoms with Crippen LogP contribution in [0.15, 0.2) is 30.3 Å². The van der Waals surface area contributed by atoms with Gasteiger partial charge in [0.15, 0.2) is 0 Å². The van der Waals surface area contributed by atoms with Crippen LogP contribution in [-0.4, -0.2) is 35.1 Å². The first kappa shape index (κ1) is 15.1. The van der Waals surface area contributed by atoms with Crippen LogP contribution in [-0.2, 0) is 16.0 Å². The summed E-state index contributed by atoms with van der Waals surface area (Å²) in [7, 11) is 0. The molecule has 3 unspecified atom stereocenters. The summed E-state index contributed by atoms with van der Waals surface area (Å²) in [6.07, 6.45) is -0.709. The van der Waals surface area contributed by atoms with Crippen molar-refractivity contribution < 1.29 is 14.7 Å². The van der Waals surface area contributed by atoms with Crippen molar-refractivity contribution in [2.75, 3.05) is 0 Å². The van der Waals surface area contributed by atoms with Crippen molar-refractivity contribution >= 4 is 11.8 Å². The first-order valence-corrected chi connectivity index (χ1v) is 5.99. The quantitative estimate of drug-likeness (QED) is 0.522. The van der Waals surface area contributed by atoms with Gasteiger partial charge >= 0.3 is 0 Å². The molecule has 0 saturated carbocycles. The number of carbonyl (C=O) groups is 2. The van der Waals surface area contributed by atoms with Crippen LogP contribution in [0.25, 0.3) is 0 Å². The molecule has 0 spiro atoms. The second kappa shape index (κ2) is 6.86. The summed E-state index contributed by atoms with van der Waals surface area (Å²) in [5, 5.41) is 11.7. The second-order valence-electron chi connectivity index (χ2n) is 4.42. The summed E-state index contributed by atoms with van der Waals surface area (Å²) in [5.74, 6) is -1.25. The molecular weight excluding hydrogens is 246 g/mol. The Balaban J connectivity index is 2.69. The smallest absolute Gasteiger partial charge is 0.240 e. The normalized spacial score (nSPS) is 15.3. The zero-order valence-corrected chi connectivity index (χ0v) is 10.7. The fraction of sp³-hybridized carbons (Fsp3) is 0.385. The Morgan fingerprint density at radius 2 is 1.89 bits per heavy atom. The molecule has 1 aromatic rings. The SMILES string of the molecule is CC(O)C(N)C(=O)NC(Cc1ccccc1)C(N)=O. The van der Waals surface area contributed by atoms with Crippen LogP contribution < -0.4 is 16.8 Å². The number of rotatable bonds is 6. The van der Waals surface area contributed by atoms with Crippen molar-refractivity contribution in [1.29, 1.82) is 0 Å². The van der Waals surface area contributed by atoms with E-state index in [9.17, 15) is 14.7 Å². The van der Waals surface area contributed by atoms with Gasteiger partial charge in [0.2, 0.25) is 11.8 Å². The molecule has 1 rings (SSSR count). The van der Waals surface area contributed by atoms with E-state index in [1.807, 2.05) is 30.3 Å². The maximum absolute atomic E-state index is 11.7. The third kappa shape index (κ3) is 4.69. The lowest BCUT2D eigenvalue weighted by atomic mass is 10.0. The van der Waals surface area contributed by atoms with Crippen LogP contribution in [0.5, 0.6) is 0 Å². The molecule has 0 aromatic heterocycles. The van der Waals surface area contributed by atoms with E-state index in [-0.39, 0.29) is 6.42 Å². The Hall–Kier alpha value is -1.92. The lowest BCUT2D eigenvalue weighted by molar-refractivity contribution is -0.129. The van der Waals surface area contributed by atoms with Crippen LogP contribution in [0.4, 0.5) is 0 Å². The maximum atomic E-state index is 11.7. The van der Waals surface area contributed by atoms with Crippen LogP contribution in [0.3, 0.4) is 0 Å². The number of aliphatic hydroxyl groups is 1. The maximum Gasteiger partial charge on any atom is 0.240 e. The van der Waals surface area contributed by atoms with E-state index in [1.165, 1.54) is 6.92 Å². The Bertz CT molecular complexity index is 434. The first-order chi connectivity index (χ1) is 8.91. The van der Waals surface area contributed by atoms with Crippen molar-refractivity contribution in [1.82, 2.24) is 5.32 Å². The number of carbonyl (C=O) groups excluding carboxylic acids is 2. The molecule has 0 aliphatic rings. The lowest BCUT2D eigenvalue weighted by Crippen LogP contribution is -2.54. The first-order valence-electron chi connectivity index (χ1n) is 5.99. The summed E-state index contributed by atoms with van der Waals surface area (Å²) in [5.41, 5.74) is 11.6. The highest BCUT2D eigenvalue weighted by atomic mass is 16.3. The van der Waals surface area contributed by atoms with Gasteiger partial charge in [0.05, 0.1) is 6.10 Å². The van der Waals surface area contributed by atoms with Crippen LogP contribution in [0.2, 0.25) is 0 Å². The molecular formula is C13H19N3O3. The van der Waals surface area contributed by atoms with E-state index in [2.05, 4.69) is 5.32 Å². The standard InChI is InChI=1S/C13H19N3O3/c1-8(17)11(14)13(19)16-10(12(15)18)7-9-5-3-2-4-6-9/h2-6,8,10-11,17H,7,14H2,1H3,(H2,15,18)(H,16,19). The number of primary amides is 1. The number of nitrogens with one attached hydrogen (secondary N) is 1. The molecule has 19 heavy (non-hydrogen) atoms. The van der Waals surface area contributed by atoms with Gasteiger partial charge in [-0.2, -0.15) is 0 Å². The van der Waals surface area contributed by atoms with Crippen molar-refractivity contribution in [2.45, 2.75) is 31.5 Å². The van der Waals surface area contributed by atoms with E-state index in [1.54, 1.807) is 0 Å². The Kier molecular flexibility index (Phi) is 5.47. The van der Waals surface area contributed by atoms with Crippen molar-refractivity contribution in [3.8, 4) is 0 Å². The van der Waals surface area contributed by atoms with Gasteiger partial charge < -0.3 is 21.9 Å². The number of nitrogens with two attached hydrogens (primary N) is 2. The largest absolute Gasteiger partial charge is 0.391 e. The Labute approximate surface area is 111 Å². The van der Waals surface area contributed by atoms with Gasteiger partial charge in [-0.1, -0.05) is 30.3 Å². The second-order valence-corrected chi connectivity index (χ2v) is 4.42. The van der Waals surface area contributed by atoms with Gasteiger partial charge in [-0.25, -0.2) is 0 Å². The molecule has 0 heterocycles. The number of aliphatic hydroxyl groups excluding tert-OH is 1. The van der Waals surface area contributed by atoms with E-state index >= 15 is 0 Å². The summed E-state index contributed by atoms with van der Waals surface area (Å²) in [6, 6.07) is 7.24. The molecule has 3 atom stereocenters. The minimum absolute atomic E-state index is 0.286. The highest BCUT2D eigenvalue weighted by Crippen LogP contribution is 2.03. The molecule has 104 valence electrons. The molecule has 2 amide bonds. The van der Waals surface area contributed by atoms with Gasteiger partial charge in [-0.3, -0.25) is 9.59 Å². The van der Waals surface area contributed by atoms with E-state index in [0.29, 0.717) is 0 Å². The molecule has 0 radical (unpaired) electrons. The van der Waals surface area contributed by atoms with Gasteiger partial charge in [0, 0.05) is 6.42 Å². The fourth-order valence-corrected chi connectivity index (χ4v) is 1.56. The van der Waals surface area contributed by atoms with Crippen LogP contribution in [0, 0.1) is 0 Å². The summed E-state index contributed by atoms with van der Waals surface area (Å²) in [6.45, 7) is 1.40. The predicted molar refractivity (Wildman–Crippen MR) is 70.9 cm³/mol. The summed E-state index contributed by atoms with van der Waals surface area (Å²) >= 11 is 0. The number of amides is 2. The van der Waals surface area contributed by atoms with Crippen molar-refractivity contribution in [3.05, 3.63) is 35.9 Å². The Morgan fingerprint density at radius 3 is 2.37 bits per heavy atom. The molecule has 0 bridgehead atoms. The third-order valence-electron chi connectivity index (χ3n) is 2.77. The highest BCUT2D eigenvalue weighted by Gasteiger charge is 2.24. The third-order valence-corrected chi connectivity index (χ3v) is 2.77. The molecule has 6 N–H and O–H groups in total. The minimum atomic E-state index is -1.09. The van der Waals surface area contributed by atoms with Gasteiger partial charge in [-0.15, -0.1) is 0 Å². The highest BCUT2D eigenvalue weighted by molar-refractivity contribution is 5.89. The molecule has 1 aromatic carbocycles. The van der Waals surface area contributed by atoms with Crippen LogP contribution >= 0.6 is 0 Å². The van der Waals surface area contributed by atoms with Crippen molar-refractivity contribution in [2.24, 2.45) is 11.5 Å². The van der Waals surface area contributed by atoms with E-state index < -0.39 is 30.0 Å². The molecule has 0 aliphatic heterocycles. The van der Waals surface area contributed by atoms with E-state index in [0.717, 1.165) is 5.56 Å². The van der Waals surface area contributed by atoms with Crippen molar-refractivity contribution in [3.63, 3.8) is 0 Å². The Morgan fingerprint density at radius 1 is 1.32 bits per heavy atom. The molecule has 0 saturated heterocycles. The summed E-state index contributed by atoms with van der Waals surface area (Å²) in [4.78, 5) is 23.0. The van der Waals surface area contributed by atoms with Crippen LogP contribution in [0.1, 0.15) is 12.5 Å². The monoisotopic (exact) mass is 265 g/mol. The number of hydrogen-bond donors (Lipinski definition) is 4. The zero-order chi connectivity index (χ0) is 14.4. The minimum Gasteiger partial charge on any atom is -0.391 e. The molecule has 0 aliphatic carbocycles. The van der Waals surface area contributed by atoms with Gasteiger partial charge in [-0.05, 0) is 12.5 Å². The molecule has 6 heteroatoms. The number of hydrogen-bond acceptors (Lipinski definition) is 4. The average molecular weight is 265 g/mol. The average Bonchev–Trinajstić information content (AvgIpc) is 2.37. The van der Waals surface area contributed by atoms with Gasteiger partial charge in [0.1, 0.15) is 12.1 Å². The molecule has 0 fully saturated rings. The molecule has 6 nitrogen and oxygen atoms in total. The number of benzene rings is 1.